The third-order valence-corrected chi connectivity index (χ3v) is 4.51. The van der Waals surface area contributed by atoms with E-state index in [1.807, 2.05) is 0 Å². The molecule has 2 N–H and O–H groups in total. The van der Waals surface area contributed by atoms with Gasteiger partial charge < -0.3 is 20.1 Å². The van der Waals surface area contributed by atoms with Crippen molar-refractivity contribution in [3.63, 3.8) is 0 Å². The SMILES string of the molecule is CN=C(NCCc1nc(C(F)(F)F)cs1)NCc1ccc(OC)c(OC(F)F)c1.I. The zero-order valence-electron chi connectivity index (χ0n) is 15.9. The number of methoxy groups -OCH3 is 1. The minimum absolute atomic E-state index is 0. The Bertz CT molecular complexity index is 833. The van der Waals surface area contributed by atoms with Crippen LogP contribution in [0.5, 0.6) is 11.5 Å². The summed E-state index contributed by atoms with van der Waals surface area (Å²) in [6.07, 6.45) is -4.17. The molecule has 0 aliphatic carbocycles. The summed E-state index contributed by atoms with van der Waals surface area (Å²) in [6.45, 7) is -2.42. The molecule has 1 aromatic heterocycles. The van der Waals surface area contributed by atoms with Crippen LogP contribution in [0.15, 0.2) is 28.6 Å². The van der Waals surface area contributed by atoms with Gasteiger partial charge in [-0.2, -0.15) is 22.0 Å². The first-order valence-electron chi connectivity index (χ1n) is 8.30. The van der Waals surface area contributed by atoms with Crippen LogP contribution in [0.3, 0.4) is 0 Å². The van der Waals surface area contributed by atoms with Crippen LogP contribution < -0.4 is 20.1 Å². The first-order valence-corrected chi connectivity index (χ1v) is 9.18. The van der Waals surface area contributed by atoms with E-state index in [9.17, 15) is 22.0 Å². The molecule has 0 bridgehead atoms. The highest BCUT2D eigenvalue weighted by Gasteiger charge is 2.33. The Morgan fingerprint density at radius 1 is 1.23 bits per heavy atom. The lowest BCUT2D eigenvalue weighted by Gasteiger charge is -2.14. The molecule has 6 nitrogen and oxygen atoms in total. The number of alkyl halides is 5. The van der Waals surface area contributed by atoms with Crippen molar-refractivity contribution in [2.45, 2.75) is 25.8 Å². The summed E-state index contributed by atoms with van der Waals surface area (Å²) in [5.41, 5.74) is -0.263. The molecule has 1 heterocycles. The van der Waals surface area contributed by atoms with E-state index in [0.717, 1.165) is 16.7 Å². The van der Waals surface area contributed by atoms with Gasteiger partial charge in [-0.15, -0.1) is 35.3 Å². The number of aliphatic imine (C=N–C) groups is 1. The number of nitrogens with zero attached hydrogens (tertiary/aromatic N) is 2. The van der Waals surface area contributed by atoms with E-state index in [1.54, 1.807) is 6.07 Å². The number of benzene rings is 1. The molecule has 2 aromatic rings. The van der Waals surface area contributed by atoms with Crippen molar-refractivity contribution < 1.29 is 31.4 Å². The fraction of sp³-hybridized carbons (Fsp3) is 0.412. The third kappa shape index (κ3) is 8.08. The van der Waals surface area contributed by atoms with Gasteiger partial charge in [-0.05, 0) is 17.7 Å². The van der Waals surface area contributed by atoms with E-state index in [0.29, 0.717) is 23.1 Å². The van der Waals surface area contributed by atoms with Gasteiger partial charge >= 0.3 is 12.8 Å². The number of thiazole rings is 1. The molecule has 0 radical (unpaired) electrons. The molecule has 0 saturated heterocycles. The Balaban J connectivity index is 0.00000450. The van der Waals surface area contributed by atoms with Gasteiger partial charge in [0, 0.05) is 31.9 Å². The predicted molar refractivity (Wildman–Crippen MR) is 114 cm³/mol. The maximum atomic E-state index is 12.6. The Morgan fingerprint density at radius 2 is 1.97 bits per heavy atom. The summed E-state index contributed by atoms with van der Waals surface area (Å²) in [7, 11) is 2.87. The largest absolute Gasteiger partial charge is 0.493 e. The minimum Gasteiger partial charge on any atom is -0.493 e. The average Bonchev–Trinajstić information content (AvgIpc) is 3.13. The van der Waals surface area contributed by atoms with Crippen LogP contribution in [0.25, 0.3) is 0 Å². The zero-order valence-corrected chi connectivity index (χ0v) is 19.1. The van der Waals surface area contributed by atoms with Crippen LogP contribution in [0.4, 0.5) is 22.0 Å². The molecular formula is C17H20F5IN4O2S. The molecule has 0 aliphatic rings. The van der Waals surface area contributed by atoms with Crippen LogP contribution >= 0.6 is 35.3 Å². The number of halogens is 6. The maximum Gasteiger partial charge on any atom is 0.434 e. The summed E-state index contributed by atoms with van der Waals surface area (Å²) in [4.78, 5) is 7.56. The molecule has 0 aliphatic heterocycles. The number of aromatic nitrogens is 1. The predicted octanol–water partition coefficient (Wildman–Crippen LogP) is 4.30. The molecule has 0 amide bonds. The average molecular weight is 566 g/mol. The summed E-state index contributed by atoms with van der Waals surface area (Å²) in [5.74, 6) is 0.483. The fourth-order valence-corrected chi connectivity index (χ4v) is 3.07. The molecular weight excluding hydrogens is 546 g/mol. The van der Waals surface area contributed by atoms with Crippen molar-refractivity contribution in [3.05, 3.63) is 39.8 Å². The van der Waals surface area contributed by atoms with Gasteiger partial charge in [-0.3, -0.25) is 4.99 Å². The van der Waals surface area contributed by atoms with Crippen LogP contribution in [-0.4, -0.2) is 38.3 Å². The third-order valence-electron chi connectivity index (χ3n) is 3.60. The number of hydrogen-bond acceptors (Lipinski definition) is 5. The summed E-state index contributed by atoms with van der Waals surface area (Å²) < 4.78 is 72.1. The van der Waals surface area contributed by atoms with Gasteiger partial charge in [-0.1, -0.05) is 6.07 Å². The van der Waals surface area contributed by atoms with Crippen molar-refractivity contribution in [3.8, 4) is 11.5 Å². The quantitative estimate of drug-likeness (QED) is 0.216. The van der Waals surface area contributed by atoms with E-state index >= 15 is 0 Å². The van der Waals surface area contributed by atoms with E-state index in [-0.39, 0.29) is 48.4 Å². The van der Waals surface area contributed by atoms with Crippen molar-refractivity contribution in [2.75, 3.05) is 20.7 Å². The number of hydrogen-bond donors (Lipinski definition) is 2. The lowest BCUT2D eigenvalue weighted by atomic mass is 10.2. The van der Waals surface area contributed by atoms with E-state index < -0.39 is 18.5 Å². The van der Waals surface area contributed by atoms with E-state index in [2.05, 4.69) is 25.3 Å². The first kappa shape index (κ1) is 26.1. The van der Waals surface area contributed by atoms with Crippen molar-refractivity contribution in [2.24, 2.45) is 4.99 Å². The zero-order chi connectivity index (χ0) is 21.4. The van der Waals surface area contributed by atoms with E-state index in [4.69, 9.17) is 4.74 Å². The van der Waals surface area contributed by atoms with Crippen LogP contribution in [0, 0.1) is 0 Å². The maximum absolute atomic E-state index is 12.6. The molecule has 0 spiro atoms. The number of ether oxygens (including phenoxy) is 2. The van der Waals surface area contributed by atoms with Crippen molar-refractivity contribution in [1.29, 1.82) is 0 Å². The van der Waals surface area contributed by atoms with Crippen LogP contribution in [0.1, 0.15) is 16.3 Å². The summed E-state index contributed by atoms with van der Waals surface area (Å²) in [6, 6.07) is 4.59. The van der Waals surface area contributed by atoms with Crippen molar-refractivity contribution >= 4 is 41.3 Å². The lowest BCUT2D eigenvalue weighted by Crippen LogP contribution is -2.37. The monoisotopic (exact) mass is 566 g/mol. The van der Waals surface area contributed by atoms with Gasteiger partial charge in [0.05, 0.1) is 12.1 Å². The molecule has 0 unspecified atom stereocenters. The second kappa shape index (κ2) is 12.1. The fourth-order valence-electron chi connectivity index (χ4n) is 2.27. The molecule has 0 atom stereocenters. The standard InChI is InChI=1S/C17H19F5N4O2S.HI/c1-23-16(24-6-5-14-26-13(9-29-14)17(20,21)22)25-8-10-3-4-11(27-2)12(7-10)28-15(18)19;/h3-4,7,9,15H,5-6,8H2,1-2H3,(H2,23,24,25);1H. The van der Waals surface area contributed by atoms with E-state index in [1.165, 1.54) is 26.3 Å². The second-order valence-corrected chi connectivity index (χ2v) is 6.53. The molecule has 0 saturated carbocycles. The van der Waals surface area contributed by atoms with Gasteiger partial charge in [0.1, 0.15) is 0 Å². The normalized spacial score (nSPS) is 11.8. The van der Waals surface area contributed by atoms with Gasteiger partial charge in [0.25, 0.3) is 0 Å². The Morgan fingerprint density at radius 3 is 2.53 bits per heavy atom. The highest BCUT2D eigenvalue weighted by molar-refractivity contribution is 14.0. The summed E-state index contributed by atoms with van der Waals surface area (Å²) >= 11 is 0.937. The van der Waals surface area contributed by atoms with Gasteiger partial charge in [0.15, 0.2) is 23.2 Å². The topological polar surface area (TPSA) is 67.8 Å². The Hall–Kier alpha value is -1.90. The molecule has 0 fully saturated rings. The Kier molecular flexibility index (Phi) is 10.5. The molecule has 30 heavy (non-hydrogen) atoms. The van der Waals surface area contributed by atoms with Crippen molar-refractivity contribution in [1.82, 2.24) is 15.6 Å². The molecule has 2 rings (SSSR count). The number of rotatable bonds is 8. The van der Waals surface area contributed by atoms with Crippen LogP contribution in [0.2, 0.25) is 0 Å². The van der Waals surface area contributed by atoms with Gasteiger partial charge in [0.2, 0.25) is 0 Å². The number of nitrogens with one attached hydrogen (secondary N) is 2. The highest BCUT2D eigenvalue weighted by atomic mass is 127. The molecule has 1 aromatic carbocycles. The second-order valence-electron chi connectivity index (χ2n) is 5.59. The first-order chi connectivity index (χ1) is 13.7. The van der Waals surface area contributed by atoms with Crippen LogP contribution in [-0.2, 0) is 19.1 Å². The Labute approximate surface area is 190 Å². The molecule has 13 heteroatoms. The lowest BCUT2D eigenvalue weighted by molar-refractivity contribution is -0.140. The summed E-state index contributed by atoms with van der Waals surface area (Å²) in [5, 5.41) is 7.26. The molecule has 168 valence electrons. The highest BCUT2D eigenvalue weighted by Crippen LogP contribution is 2.30. The smallest absolute Gasteiger partial charge is 0.434 e. The number of guanidine groups is 1. The minimum atomic E-state index is -4.45. The van der Waals surface area contributed by atoms with Gasteiger partial charge in [-0.25, -0.2) is 4.98 Å².